The molecule has 0 heterocycles. The zero-order valence-electron chi connectivity index (χ0n) is 5.24. The Hall–Kier alpha value is 1.95. The summed E-state index contributed by atoms with van der Waals surface area (Å²) in [4.78, 5) is 48.4. The van der Waals surface area contributed by atoms with E-state index in [2.05, 4.69) is 0 Å². The van der Waals surface area contributed by atoms with Crippen LogP contribution in [0, 0.1) is 0 Å². The van der Waals surface area contributed by atoms with Crippen LogP contribution in [-0.4, -0.2) is 55.9 Å². The van der Waals surface area contributed by atoms with Gasteiger partial charge in [-0.2, -0.15) is 0 Å². The van der Waals surface area contributed by atoms with Gasteiger partial charge in [-0.25, -0.2) is 0 Å². The fraction of sp³-hybridized carbons (Fsp3) is 0. The van der Waals surface area contributed by atoms with Crippen LogP contribution in [0.15, 0.2) is 0 Å². The Bertz CT molecular complexity index is 85.6. The average molecular weight is 225 g/mol. The first-order valence-corrected chi connectivity index (χ1v) is 3.94. The van der Waals surface area contributed by atoms with Gasteiger partial charge in [-0.15, -0.1) is 0 Å². The van der Waals surface area contributed by atoms with Gasteiger partial charge in [-0.05, 0) is 0 Å². The Morgan fingerprint density at radius 1 is 1.09 bits per heavy atom. The van der Waals surface area contributed by atoms with Crippen molar-refractivity contribution in [3.05, 3.63) is 0 Å². The minimum atomic E-state index is -4.89. The Kier molecular flexibility index (Phi) is 25.1. The van der Waals surface area contributed by atoms with Gasteiger partial charge in [-0.3, -0.25) is 4.57 Å². The molecule has 0 rings (SSSR count). The monoisotopic (exact) mass is 224 g/mol. The zero-order valence-corrected chi connectivity index (χ0v) is 9.86. The van der Waals surface area contributed by atoms with Gasteiger partial charge in [0.1, 0.15) is 0 Å². The molecular formula is H2Mg2O7P2. The van der Waals surface area contributed by atoms with Crippen molar-refractivity contribution >= 4 is 62.5 Å². The van der Waals surface area contributed by atoms with Gasteiger partial charge in [0.15, 0.2) is 0 Å². The summed E-state index contributed by atoms with van der Waals surface area (Å²) in [5.74, 6) is 0. The normalized spacial score (nSPS) is 8.64. The SMILES string of the molecule is O=P([O-])(O)O.[Mg+2].[Mg+2].[O-]P([O-])[O-]. The summed E-state index contributed by atoms with van der Waals surface area (Å²) in [6, 6.07) is 0. The standard InChI is InChI=1S/2Mg.H3O4P.O3P/c;;1-5(2,3)4;1-4(2)3/h;;(H3,1,2,3,4);/q2*+2;;-3/p-1. The van der Waals surface area contributed by atoms with Gasteiger partial charge >= 0.3 is 46.1 Å². The molecule has 58 valence electrons. The molecule has 0 aliphatic rings. The van der Waals surface area contributed by atoms with Crippen molar-refractivity contribution in [2.45, 2.75) is 0 Å². The molecule has 0 aromatic rings. The van der Waals surface area contributed by atoms with Gasteiger partial charge in [-0.1, -0.05) is 0 Å². The molecule has 0 fully saturated rings. The average Bonchev–Trinajstić information content (AvgIpc) is 1.19. The van der Waals surface area contributed by atoms with E-state index in [0.717, 1.165) is 0 Å². The van der Waals surface area contributed by atoms with Crippen molar-refractivity contribution in [1.29, 1.82) is 0 Å². The van der Waals surface area contributed by atoms with Crippen LogP contribution in [0.5, 0.6) is 0 Å². The summed E-state index contributed by atoms with van der Waals surface area (Å²) in [5, 5.41) is 0. The quantitative estimate of drug-likeness (QED) is 0.309. The van der Waals surface area contributed by atoms with Gasteiger partial charge in [0.25, 0.3) is 7.82 Å². The van der Waals surface area contributed by atoms with Gasteiger partial charge in [0.2, 0.25) is 0 Å². The fourth-order valence-corrected chi connectivity index (χ4v) is 0. The molecule has 0 atom stereocenters. The van der Waals surface area contributed by atoms with Crippen LogP contribution in [-0.2, 0) is 4.57 Å². The fourth-order valence-electron chi connectivity index (χ4n) is 0. The molecule has 0 radical (unpaired) electrons. The van der Waals surface area contributed by atoms with E-state index in [9.17, 15) is 0 Å². The van der Waals surface area contributed by atoms with Gasteiger partial charge in [0, 0.05) is 0 Å². The molecule has 0 bridgehead atoms. The Labute approximate surface area is 96.0 Å². The molecule has 0 aromatic carbocycles. The molecule has 0 aliphatic carbocycles. The Balaban J connectivity index is -0.0000000383. The predicted octanol–water partition coefficient (Wildman–Crippen LogP) is -5.03. The van der Waals surface area contributed by atoms with E-state index in [-0.39, 0.29) is 46.1 Å². The van der Waals surface area contributed by atoms with Crippen LogP contribution in [0.1, 0.15) is 0 Å². The zero-order chi connectivity index (χ0) is 8.08. The topological polar surface area (TPSA) is 150 Å². The first-order valence-electron chi connectivity index (χ1n) is 1.31. The van der Waals surface area contributed by atoms with E-state index in [1.807, 2.05) is 0 Å². The van der Waals surface area contributed by atoms with Crippen molar-refractivity contribution in [2.24, 2.45) is 0 Å². The van der Waals surface area contributed by atoms with E-state index in [1.54, 1.807) is 0 Å². The first-order chi connectivity index (χ1) is 3.73. The number of hydrogen-bond acceptors (Lipinski definition) is 5. The van der Waals surface area contributed by atoms with Crippen molar-refractivity contribution < 1.29 is 33.9 Å². The van der Waals surface area contributed by atoms with Gasteiger partial charge in [0.05, 0.1) is 0 Å². The molecule has 7 nitrogen and oxygen atoms in total. The molecule has 2 N–H and O–H groups in total. The van der Waals surface area contributed by atoms with Crippen LogP contribution < -0.4 is 19.6 Å². The smallest absolute Gasteiger partial charge is 0.854 e. The van der Waals surface area contributed by atoms with E-state index in [1.165, 1.54) is 0 Å². The van der Waals surface area contributed by atoms with Gasteiger partial charge < -0.3 is 38.0 Å². The molecule has 0 spiro atoms. The van der Waals surface area contributed by atoms with Crippen molar-refractivity contribution in [3.63, 3.8) is 0 Å². The van der Waals surface area contributed by atoms with Crippen molar-refractivity contribution in [2.75, 3.05) is 0 Å². The molecular weight excluding hydrogens is 223 g/mol. The van der Waals surface area contributed by atoms with Crippen molar-refractivity contribution in [1.82, 2.24) is 0 Å². The van der Waals surface area contributed by atoms with E-state index >= 15 is 0 Å². The minimum absolute atomic E-state index is 0. The molecule has 11 heavy (non-hydrogen) atoms. The summed E-state index contributed by atoms with van der Waals surface area (Å²) in [5.41, 5.74) is 0. The molecule has 0 aromatic heterocycles. The second-order valence-electron chi connectivity index (χ2n) is 0.714. The second-order valence-corrected chi connectivity index (χ2v) is 2.14. The maximum absolute atomic E-state index is 8.77. The predicted molar refractivity (Wildman–Crippen MR) is 30.5 cm³/mol. The molecule has 0 amide bonds. The van der Waals surface area contributed by atoms with Crippen LogP contribution in [0.4, 0.5) is 0 Å². The Morgan fingerprint density at radius 3 is 1.09 bits per heavy atom. The van der Waals surface area contributed by atoms with Crippen LogP contribution in [0.25, 0.3) is 0 Å². The molecule has 0 saturated carbocycles. The summed E-state index contributed by atoms with van der Waals surface area (Å²) in [7, 11) is -8.26. The number of rotatable bonds is 0. The number of phosphoric acid groups is 1. The summed E-state index contributed by atoms with van der Waals surface area (Å²) in [6.45, 7) is 0. The minimum Gasteiger partial charge on any atom is -0.854 e. The largest absolute Gasteiger partial charge is 2.00 e. The summed E-state index contributed by atoms with van der Waals surface area (Å²) >= 11 is 0. The van der Waals surface area contributed by atoms with Crippen LogP contribution in [0.2, 0.25) is 0 Å². The third kappa shape index (κ3) is 311. The third-order valence-corrected chi connectivity index (χ3v) is 0. The summed E-state index contributed by atoms with van der Waals surface area (Å²) < 4.78 is 8.77. The number of hydrogen-bond donors (Lipinski definition) is 2. The van der Waals surface area contributed by atoms with E-state index < -0.39 is 16.4 Å². The maximum Gasteiger partial charge on any atom is 2.00 e. The molecule has 0 aliphatic heterocycles. The van der Waals surface area contributed by atoms with Crippen LogP contribution >= 0.6 is 16.4 Å². The van der Waals surface area contributed by atoms with E-state index in [4.69, 9.17) is 33.9 Å². The molecule has 11 heteroatoms. The van der Waals surface area contributed by atoms with Crippen molar-refractivity contribution in [3.8, 4) is 0 Å². The van der Waals surface area contributed by atoms with Crippen LogP contribution in [0.3, 0.4) is 0 Å². The third-order valence-electron chi connectivity index (χ3n) is 0. The van der Waals surface area contributed by atoms with E-state index in [0.29, 0.717) is 0 Å². The Morgan fingerprint density at radius 2 is 1.09 bits per heavy atom. The molecule has 0 unspecified atom stereocenters. The molecule has 0 saturated heterocycles. The first kappa shape index (κ1) is 23.1. The second kappa shape index (κ2) is 12.0. The summed E-state index contributed by atoms with van der Waals surface area (Å²) in [6.07, 6.45) is 0. The maximum atomic E-state index is 8.77.